The Morgan fingerprint density at radius 1 is 0.384 bits per heavy atom. The number of carbonyl (C=O) groups is 12. The molecule has 12 atom stereocenters. The van der Waals surface area contributed by atoms with Crippen molar-refractivity contribution in [1.29, 1.82) is 0 Å². The predicted octanol–water partition coefficient (Wildman–Crippen LogP) is 4.10. The van der Waals surface area contributed by atoms with E-state index in [2.05, 4.69) is 21.3 Å². The van der Waals surface area contributed by atoms with Crippen molar-refractivity contribution >= 4 is 82.8 Å². The van der Waals surface area contributed by atoms with Crippen molar-refractivity contribution in [2.75, 3.05) is 23.8 Å². The number of rotatable bonds is 31. The lowest BCUT2D eigenvalue weighted by Crippen LogP contribution is -2.63. The maximum Gasteiger partial charge on any atom is 0.303 e. The zero-order valence-corrected chi connectivity index (χ0v) is 49.8. The standard InChI is InChI=1S/C58H78N4O24/c1-31(55(73)61-41-21-25-43(26-22-41)83-57-53(81-39(9)69)51(79-37(7)67)49(77-35(5)65)45(85-57)29-75-33(3)63)59-47(71)19-17-15-13-11-12-14-16-18-20-48(72)60-32(2)56(74)62-42-23-27-44(28-24-42)84-58-54(82-40(10)70)52(80-38(8)68)50(78-36(6)66)46(86-58)30-76-34(4)64/h21-28,31-32,45-46,49-54,57-58H,11-20,29-30H2,1-10H3,(H,59,71)(H,60,72)(H,61,73)(H,62,74)/t31-,32-,45+,46+,49+,50+,51-,52-,53+,54+,57+,58+/m0/s1. The third-order valence-corrected chi connectivity index (χ3v) is 12.7. The number of carbonyl (C=O) groups excluding carboxylic acids is 12. The normalized spacial score (nSPS) is 22.1. The number of hydrogen-bond donors (Lipinski definition) is 4. The molecule has 0 radical (unpaired) electrons. The third kappa shape index (κ3) is 24.7. The van der Waals surface area contributed by atoms with Crippen LogP contribution in [0.1, 0.15) is 133 Å². The van der Waals surface area contributed by atoms with Crippen molar-refractivity contribution < 1.29 is 114 Å². The van der Waals surface area contributed by atoms with E-state index >= 15 is 0 Å². The summed E-state index contributed by atoms with van der Waals surface area (Å²) in [4.78, 5) is 147. The fourth-order valence-corrected chi connectivity index (χ4v) is 8.96. The molecule has 474 valence electrons. The summed E-state index contributed by atoms with van der Waals surface area (Å²) in [5.74, 6) is -7.34. The lowest BCUT2D eigenvalue weighted by Gasteiger charge is -2.43. The van der Waals surface area contributed by atoms with E-state index in [1.54, 1.807) is 13.8 Å². The molecule has 28 nitrogen and oxygen atoms in total. The van der Waals surface area contributed by atoms with Gasteiger partial charge in [-0.15, -0.1) is 0 Å². The number of anilines is 2. The molecule has 4 N–H and O–H groups in total. The van der Waals surface area contributed by atoms with E-state index in [-0.39, 0.29) is 36.2 Å². The van der Waals surface area contributed by atoms with Gasteiger partial charge in [0.1, 0.15) is 49.0 Å². The molecule has 28 heteroatoms. The Morgan fingerprint density at radius 3 is 0.953 bits per heavy atom. The highest BCUT2D eigenvalue weighted by Gasteiger charge is 2.55. The monoisotopic (exact) mass is 1210 g/mol. The lowest BCUT2D eigenvalue weighted by atomic mass is 9.98. The minimum Gasteiger partial charge on any atom is -0.463 e. The van der Waals surface area contributed by atoms with Gasteiger partial charge in [0.05, 0.1) is 0 Å². The SMILES string of the molecule is CC(=O)OC[C@H]1O[C@@H](Oc2ccc(NC(=O)[C@H](C)NC(=O)CCCCCCCCCCC(=O)N[C@@H](C)C(=O)Nc3ccc(O[C@@H]4O[C@H](COC(C)=O)[C@@H](OC(C)=O)[C@H](OC(C)=O)[C@H]4OC(C)=O)cc3)cc2)[C@H](OC(C)=O)[C@@H](OC(C)=O)[C@@H]1OC(C)=O. The summed E-state index contributed by atoms with van der Waals surface area (Å²) < 4.78 is 66.6. The molecule has 0 unspecified atom stereocenters. The fraction of sp³-hybridized carbons (Fsp3) is 0.586. The third-order valence-electron chi connectivity index (χ3n) is 12.7. The molecular formula is C58H78N4O24. The summed E-state index contributed by atoms with van der Waals surface area (Å²) in [6.07, 6.45) is -6.89. The summed E-state index contributed by atoms with van der Waals surface area (Å²) in [6, 6.07) is 10.2. The quantitative estimate of drug-likeness (QED) is 0.0469. The van der Waals surface area contributed by atoms with Crippen LogP contribution in [0.3, 0.4) is 0 Å². The molecule has 0 spiro atoms. The van der Waals surface area contributed by atoms with E-state index in [1.807, 2.05) is 0 Å². The smallest absolute Gasteiger partial charge is 0.303 e. The highest BCUT2D eigenvalue weighted by Crippen LogP contribution is 2.33. The van der Waals surface area contributed by atoms with Gasteiger partial charge >= 0.3 is 47.8 Å². The van der Waals surface area contributed by atoms with Crippen LogP contribution in [0.15, 0.2) is 48.5 Å². The van der Waals surface area contributed by atoms with Crippen LogP contribution in [0.2, 0.25) is 0 Å². The van der Waals surface area contributed by atoms with E-state index in [1.165, 1.54) is 48.5 Å². The van der Waals surface area contributed by atoms with E-state index in [0.29, 0.717) is 24.2 Å². The summed E-state index contributed by atoms with van der Waals surface area (Å²) in [5.41, 5.74) is 0.698. The molecule has 0 bridgehead atoms. The molecule has 2 fully saturated rings. The molecule has 2 aromatic carbocycles. The van der Waals surface area contributed by atoms with Gasteiger partial charge in [0.15, 0.2) is 24.4 Å². The Hall–Kier alpha value is -8.40. The van der Waals surface area contributed by atoms with Gasteiger partial charge in [-0.2, -0.15) is 0 Å². The van der Waals surface area contributed by atoms with Gasteiger partial charge in [-0.3, -0.25) is 57.5 Å². The van der Waals surface area contributed by atoms with Gasteiger partial charge < -0.3 is 78.1 Å². The molecule has 4 amide bonds. The topological polar surface area (TPSA) is 364 Å². The second kappa shape index (κ2) is 35.2. The second-order valence-corrected chi connectivity index (χ2v) is 20.3. The van der Waals surface area contributed by atoms with Crippen molar-refractivity contribution in [2.45, 2.75) is 207 Å². The highest BCUT2D eigenvalue weighted by molar-refractivity contribution is 5.97. The molecule has 2 aliphatic rings. The van der Waals surface area contributed by atoms with Gasteiger partial charge in [-0.1, -0.05) is 38.5 Å². The molecule has 2 aliphatic heterocycles. The number of nitrogens with one attached hydrogen (secondary N) is 4. The van der Waals surface area contributed by atoms with Gasteiger partial charge in [-0.05, 0) is 75.2 Å². The average molecular weight is 1220 g/mol. The molecule has 0 saturated carbocycles. The number of esters is 8. The molecule has 2 aromatic rings. The maximum atomic E-state index is 13.0. The van der Waals surface area contributed by atoms with Gasteiger partial charge in [-0.25, -0.2) is 0 Å². The van der Waals surface area contributed by atoms with E-state index in [0.717, 1.165) is 93.9 Å². The Bertz CT molecular complexity index is 2490. The van der Waals surface area contributed by atoms with Gasteiger partial charge in [0.25, 0.3) is 0 Å². The highest BCUT2D eigenvalue weighted by atomic mass is 16.7. The molecule has 86 heavy (non-hydrogen) atoms. The number of unbranched alkanes of at least 4 members (excludes halogenated alkanes) is 7. The molecule has 0 aromatic heterocycles. The van der Waals surface area contributed by atoms with E-state index < -0.39 is 146 Å². The van der Waals surface area contributed by atoms with Crippen LogP contribution in [0.5, 0.6) is 11.5 Å². The first kappa shape index (κ1) is 70.1. The summed E-state index contributed by atoms with van der Waals surface area (Å²) >= 11 is 0. The van der Waals surface area contributed by atoms with Crippen LogP contribution in [0.4, 0.5) is 11.4 Å². The number of amides is 4. The van der Waals surface area contributed by atoms with Crippen molar-refractivity contribution in [2.24, 2.45) is 0 Å². The summed E-state index contributed by atoms with van der Waals surface area (Å²) in [5, 5.41) is 10.8. The Labute approximate surface area is 497 Å². The Morgan fingerprint density at radius 2 is 0.663 bits per heavy atom. The van der Waals surface area contributed by atoms with Crippen LogP contribution in [0.25, 0.3) is 0 Å². The molecule has 0 aliphatic carbocycles. The minimum absolute atomic E-state index is 0.157. The van der Waals surface area contributed by atoms with Gasteiger partial charge in [0, 0.05) is 79.6 Å². The first-order valence-electron chi connectivity index (χ1n) is 28.0. The van der Waals surface area contributed by atoms with Crippen LogP contribution in [-0.2, 0) is 105 Å². The van der Waals surface area contributed by atoms with Crippen molar-refractivity contribution in [3.63, 3.8) is 0 Å². The number of hydrogen-bond acceptors (Lipinski definition) is 24. The fourth-order valence-electron chi connectivity index (χ4n) is 8.96. The number of ether oxygens (including phenoxy) is 12. The molecule has 2 saturated heterocycles. The second-order valence-electron chi connectivity index (χ2n) is 20.3. The van der Waals surface area contributed by atoms with Crippen LogP contribution < -0.4 is 30.7 Å². The Kier molecular flexibility index (Phi) is 28.6. The Balaban J connectivity index is 1.12. The number of benzene rings is 2. The lowest BCUT2D eigenvalue weighted by molar-refractivity contribution is -0.288. The summed E-state index contributed by atoms with van der Waals surface area (Å²) in [7, 11) is 0. The zero-order valence-electron chi connectivity index (χ0n) is 49.8. The van der Waals surface area contributed by atoms with Crippen LogP contribution in [0, 0.1) is 0 Å². The molecule has 4 rings (SSSR count). The van der Waals surface area contributed by atoms with Crippen LogP contribution in [-0.4, -0.2) is 158 Å². The maximum absolute atomic E-state index is 13.0. The minimum atomic E-state index is -1.46. The first-order chi connectivity index (χ1) is 40.7. The van der Waals surface area contributed by atoms with Crippen LogP contribution >= 0.6 is 0 Å². The van der Waals surface area contributed by atoms with Crippen molar-refractivity contribution in [1.82, 2.24) is 10.6 Å². The largest absolute Gasteiger partial charge is 0.463 e. The zero-order chi connectivity index (χ0) is 63.6. The van der Waals surface area contributed by atoms with Crippen molar-refractivity contribution in [3.8, 4) is 11.5 Å². The van der Waals surface area contributed by atoms with E-state index in [4.69, 9.17) is 56.8 Å². The van der Waals surface area contributed by atoms with Gasteiger partial charge in [0.2, 0.25) is 48.4 Å². The summed E-state index contributed by atoms with van der Waals surface area (Å²) in [6.45, 7) is 11.2. The van der Waals surface area contributed by atoms with Crippen molar-refractivity contribution in [3.05, 3.63) is 48.5 Å². The average Bonchev–Trinajstić information content (AvgIpc) is 1.20. The first-order valence-corrected chi connectivity index (χ1v) is 28.0. The molecular weight excluding hydrogens is 1140 g/mol. The predicted molar refractivity (Wildman–Crippen MR) is 297 cm³/mol. The molecule has 2 heterocycles. The van der Waals surface area contributed by atoms with E-state index in [9.17, 15) is 57.5 Å².